The van der Waals surface area contributed by atoms with E-state index in [0.29, 0.717) is 27.6 Å². The number of nitrogens with one attached hydrogen (secondary N) is 1. The number of primary amides is 1. The van der Waals surface area contributed by atoms with Gasteiger partial charge in [-0.1, -0.05) is 60.7 Å². The van der Waals surface area contributed by atoms with E-state index < -0.39 is 5.91 Å². The zero-order valence-corrected chi connectivity index (χ0v) is 17.8. The van der Waals surface area contributed by atoms with Crippen LogP contribution in [0.5, 0.6) is 0 Å². The highest BCUT2D eigenvalue weighted by Gasteiger charge is 2.24. The van der Waals surface area contributed by atoms with E-state index in [9.17, 15) is 14.4 Å². The van der Waals surface area contributed by atoms with Gasteiger partial charge in [0.1, 0.15) is 6.29 Å². The molecule has 3 aromatic carbocycles. The first-order valence-electron chi connectivity index (χ1n) is 9.85. The minimum absolute atomic E-state index is 0.0938. The van der Waals surface area contributed by atoms with Gasteiger partial charge in [0.15, 0.2) is 5.17 Å². The van der Waals surface area contributed by atoms with E-state index in [1.807, 2.05) is 54.6 Å². The molecule has 3 aromatic rings. The second kappa shape index (κ2) is 9.45. The van der Waals surface area contributed by atoms with Gasteiger partial charge in [0.05, 0.1) is 10.6 Å². The van der Waals surface area contributed by atoms with Crippen molar-refractivity contribution in [3.8, 4) is 11.1 Å². The number of carbonyl (C=O) groups excluding carboxylic acids is 3. The van der Waals surface area contributed by atoms with Gasteiger partial charge in [0.25, 0.3) is 5.91 Å². The van der Waals surface area contributed by atoms with Gasteiger partial charge in [-0.15, -0.1) is 0 Å². The summed E-state index contributed by atoms with van der Waals surface area (Å²) < 4.78 is 0. The SMILES string of the molecule is NC(=O)c1cc(N=C2NC(=O)C(=Cc3ccc(-c4ccccc4)cc3)S2)ccc1CC=O. The molecule has 1 heterocycles. The van der Waals surface area contributed by atoms with Crippen molar-refractivity contribution in [1.29, 1.82) is 0 Å². The summed E-state index contributed by atoms with van der Waals surface area (Å²) in [6.07, 6.45) is 2.61. The zero-order chi connectivity index (χ0) is 22.5. The Bertz CT molecular complexity index is 1250. The Hall–Kier alpha value is -3.97. The van der Waals surface area contributed by atoms with Crippen molar-refractivity contribution in [3.63, 3.8) is 0 Å². The molecule has 3 N–H and O–H groups in total. The molecular formula is C25H19N3O3S. The van der Waals surface area contributed by atoms with Crippen molar-refractivity contribution in [2.45, 2.75) is 6.42 Å². The Morgan fingerprint density at radius 2 is 1.72 bits per heavy atom. The van der Waals surface area contributed by atoms with Crippen molar-refractivity contribution >= 4 is 46.8 Å². The van der Waals surface area contributed by atoms with Crippen LogP contribution < -0.4 is 11.1 Å². The van der Waals surface area contributed by atoms with Crippen LogP contribution in [0.3, 0.4) is 0 Å². The number of benzene rings is 3. The fraction of sp³-hybridized carbons (Fsp3) is 0.0400. The minimum atomic E-state index is -0.633. The Balaban J connectivity index is 1.53. The van der Waals surface area contributed by atoms with Crippen LogP contribution >= 0.6 is 11.8 Å². The summed E-state index contributed by atoms with van der Waals surface area (Å²) in [4.78, 5) is 39.8. The third-order valence-electron chi connectivity index (χ3n) is 4.86. The summed E-state index contributed by atoms with van der Waals surface area (Å²) >= 11 is 1.22. The third kappa shape index (κ3) is 4.84. The molecule has 1 fully saturated rings. The summed E-state index contributed by atoms with van der Waals surface area (Å²) in [5, 5.41) is 3.14. The predicted octanol–water partition coefficient (Wildman–Crippen LogP) is 4.09. The van der Waals surface area contributed by atoms with Gasteiger partial charge in [-0.25, -0.2) is 4.99 Å². The van der Waals surface area contributed by atoms with E-state index in [1.165, 1.54) is 17.8 Å². The topological polar surface area (TPSA) is 102 Å². The number of nitrogens with zero attached hydrogens (tertiary/aromatic N) is 1. The number of aldehydes is 1. The fourth-order valence-corrected chi connectivity index (χ4v) is 4.12. The molecule has 0 bridgehead atoms. The summed E-state index contributed by atoms with van der Waals surface area (Å²) in [5.41, 5.74) is 9.78. The first-order chi connectivity index (χ1) is 15.5. The van der Waals surface area contributed by atoms with Gasteiger partial charge < -0.3 is 15.8 Å². The van der Waals surface area contributed by atoms with E-state index in [-0.39, 0.29) is 17.9 Å². The largest absolute Gasteiger partial charge is 0.366 e. The molecule has 6 nitrogen and oxygen atoms in total. The maximum atomic E-state index is 12.4. The summed E-state index contributed by atoms with van der Waals surface area (Å²) in [6.45, 7) is 0. The predicted molar refractivity (Wildman–Crippen MR) is 127 cm³/mol. The second-order valence-electron chi connectivity index (χ2n) is 7.05. The van der Waals surface area contributed by atoms with Crippen LogP contribution in [0.1, 0.15) is 21.5 Å². The van der Waals surface area contributed by atoms with Crippen molar-refractivity contribution in [2.75, 3.05) is 0 Å². The van der Waals surface area contributed by atoms with Crippen LogP contribution in [0.15, 0.2) is 82.7 Å². The lowest BCUT2D eigenvalue weighted by atomic mass is 10.0. The van der Waals surface area contributed by atoms with Crippen molar-refractivity contribution in [3.05, 3.63) is 94.4 Å². The van der Waals surface area contributed by atoms with Crippen LogP contribution in [0.25, 0.3) is 17.2 Å². The number of thioether (sulfide) groups is 1. The van der Waals surface area contributed by atoms with Crippen LogP contribution in [-0.2, 0) is 16.0 Å². The Morgan fingerprint density at radius 1 is 1.00 bits per heavy atom. The van der Waals surface area contributed by atoms with E-state index >= 15 is 0 Å². The zero-order valence-electron chi connectivity index (χ0n) is 16.9. The lowest BCUT2D eigenvalue weighted by Gasteiger charge is -2.05. The Morgan fingerprint density at radius 3 is 2.41 bits per heavy atom. The monoisotopic (exact) mass is 441 g/mol. The van der Waals surface area contributed by atoms with Crippen molar-refractivity contribution < 1.29 is 14.4 Å². The van der Waals surface area contributed by atoms with Gasteiger partial charge in [0, 0.05) is 12.0 Å². The molecular weight excluding hydrogens is 422 g/mol. The van der Waals surface area contributed by atoms with E-state index in [1.54, 1.807) is 18.2 Å². The number of hydrogen-bond donors (Lipinski definition) is 2. The molecule has 0 aromatic heterocycles. The molecule has 1 saturated heterocycles. The van der Waals surface area contributed by atoms with Gasteiger partial charge in [-0.2, -0.15) is 0 Å². The number of carbonyl (C=O) groups is 3. The van der Waals surface area contributed by atoms with Gasteiger partial charge in [-0.3, -0.25) is 9.59 Å². The smallest absolute Gasteiger partial charge is 0.264 e. The van der Waals surface area contributed by atoms with Crippen LogP contribution in [0.2, 0.25) is 0 Å². The number of hydrogen-bond acceptors (Lipinski definition) is 5. The molecule has 0 aliphatic carbocycles. The number of nitrogens with two attached hydrogens (primary N) is 1. The Labute approximate surface area is 189 Å². The molecule has 1 aliphatic rings. The number of amides is 2. The average molecular weight is 442 g/mol. The Kier molecular flexibility index (Phi) is 6.28. The quantitative estimate of drug-likeness (QED) is 0.444. The van der Waals surface area contributed by atoms with Crippen molar-refractivity contribution in [2.24, 2.45) is 10.7 Å². The van der Waals surface area contributed by atoms with Gasteiger partial charge in [-0.05, 0) is 52.2 Å². The number of amidine groups is 1. The summed E-state index contributed by atoms with van der Waals surface area (Å²) in [7, 11) is 0. The molecule has 32 heavy (non-hydrogen) atoms. The normalized spacial score (nSPS) is 15.7. The highest BCUT2D eigenvalue weighted by Crippen LogP contribution is 2.29. The molecule has 0 unspecified atom stereocenters. The number of aliphatic imine (C=N–C) groups is 1. The maximum Gasteiger partial charge on any atom is 0.264 e. The van der Waals surface area contributed by atoms with Crippen molar-refractivity contribution in [1.82, 2.24) is 5.32 Å². The summed E-state index contributed by atoms with van der Waals surface area (Å²) in [6, 6.07) is 22.8. The highest BCUT2D eigenvalue weighted by atomic mass is 32.2. The van der Waals surface area contributed by atoms with Gasteiger partial charge >= 0.3 is 0 Å². The number of rotatable bonds is 6. The minimum Gasteiger partial charge on any atom is -0.366 e. The molecule has 1 aliphatic heterocycles. The van der Waals surface area contributed by atoms with Crippen LogP contribution in [0.4, 0.5) is 5.69 Å². The van der Waals surface area contributed by atoms with E-state index in [2.05, 4.69) is 10.3 Å². The molecule has 158 valence electrons. The van der Waals surface area contributed by atoms with Crippen LogP contribution in [-0.4, -0.2) is 23.3 Å². The first kappa shape index (κ1) is 21.3. The fourth-order valence-electron chi connectivity index (χ4n) is 3.28. The second-order valence-corrected chi connectivity index (χ2v) is 8.08. The molecule has 4 rings (SSSR count). The molecule has 7 heteroatoms. The van der Waals surface area contributed by atoms with E-state index in [4.69, 9.17) is 5.73 Å². The average Bonchev–Trinajstić information content (AvgIpc) is 3.14. The molecule has 0 saturated carbocycles. The molecule has 0 radical (unpaired) electrons. The summed E-state index contributed by atoms with van der Waals surface area (Å²) in [5.74, 6) is -0.875. The highest BCUT2D eigenvalue weighted by molar-refractivity contribution is 8.18. The van der Waals surface area contributed by atoms with E-state index in [0.717, 1.165) is 16.7 Å². The lowest BCUT2D eigenvalue weighted by Crippen LogP contribution is -2.19. The van der Waals surface area contributed by atoms with Gasteiger partial charge in [0.2, 0.25) is 5.91 Å². The molecule has 0 spiro atoms. The standard InChI is InChI=1S/C25H19N3O3S/c26-23(30)21-15-20(11-10-19(21)12-13-29)27-25-28-24(31)22(32-25)14-16-6-8-18(9-7-16)17-4-2-1-3-5-17/h1-11,13-15H,12H2,(H2,26,30)(H,27,28,31). The van der Waals surface area contributed by atoms with Crippen LogP contribution in [0, 0.1) is 0 Å². The molecule has 0 atom stereocenters. The molecule has 2 amide bonds. The lowest BCUT2D eigenvalue weighted by molar-refractivity contribution is -0.115. The maximum absolute atomic E-state index is 12.4. The third-order valence-corrected chi connectivity index (χ3v) is 5.77. The first-order valence-corrected chi connectivity index (χ1v) is 10.7.